The number of carboxylic acids is 1. The van der Waals surface area contributed by atoms with Gasteiger partial charge in [0.05, 0.1) is 6.61 Å². The van der Waals surface area contributed by atoms with E-state index < -0.39 is 12.0 Å². The molecule has 2 atom stereocenters. The van der Waals surface area contributed by atoms with Gasteiger partial charge in [0.15, 0.2) is 0 Å². The highest BCUT2D eigenvalue weighted by Crippen LogP contribution is 2.09. The average molecular weight is 265 g/mol. The van der Waals surface area contributed by atoms with Gasteiger partial charge in [-0.2, -0.15) is 0 Å². The fourth-order valence-corrected chi connectivity index (χ4v) is 1.74. The zero-order valence-corrected chi connectivity index (χ0v) is 10.9. The number of carboxylic acid groups (broad SMARTS) is 1. The van der Waals surface area contributed by atoms with Crippen LogP contribution >= 0.6 is 0 Å². The molecular weight excluding hydrogens is 246 g/mol. The highest BCUT2D eigenvalue weighted by atomic mass is 16.5. The molecule has 19 heavy (non-hydrogen) atoms. The van der Waals surface area contributed by atoms with E-state index in [0.29, 0.717) is 26.0 Å². The first-order valence-corrected chi connectivity index (χ1v) is 6.17. The van der Waals surface area contributed by atoms with Crippen molar-refractivity contribution in [2.45, 2.75) is 26.0 Å². The van der Waals surface area contributed by atoms with Gasteiger partial charge < -0.3 is 15.2 Å². The molecule has 0 heterocycles. The number of rotatable bonds is 9. The molecule has 0 aliphatic heterocycles. The van der Waals surface area contributed by atoms with Gasteiger partial charge >= 0.3 is 5.97 Å². The number of nitrogens with one attached hydrogen (secondary N) is 1. The SMILES string of the molecule is CC(COCc1ccccc1)CC(NC=O)C(=O)O. The molecule has 1 rings (SSSR count). The minimum absolute atomic E-state index is 0.0530. The van der Waals surface area contributed by atoms with Crippen molar-refractivity contribution in [2.75, 3.05) is 6.61 Å². The van der Waals surface area contributed by atoms with Crippen LogP contribution in [0.1, 0.15) is 18.9 Å². The zero-order chi connectivity index (χ0) is 14.1. The second kappa shape index (κ2) is 8.26. The number of carbonyl (C=O) groups excluding carboxylic acids is 1. The Bertz CT molecular complexity index is 394. The maximum atomic E-state index is 10.9. The van der Waals surface area contributed by atoms with Crippen LogP contribution in [-0.4, -0.2) is 30.1 Å². The third-order valence-corrected chi connectivity index (χ3v) is 2.72. The van der Waals surface area contributed by atoms with E-state index in [1.54, 1.807) is 0 Å². The van der Waals surface area contributed by atoms with Crippen molar-refractivity contribution >= 4 is 12.4 Å². The van der Waals surface area contributed by atoms with Crippen molar-refractivity contribution in [1.82, 2.24) is 5.32 Å². The molecule has 1 aromatic carbocycles. The Morgan fingerprint density at radius 3 is 2.68 bits per heavy atom. The number of benzene rings is 1. The van der Waals surface area contributed by atoms with Gasteiger partial charge in [-0.05, 0) is 17.9 Å². The third kappa shape index (κ3) is 6.01. The van der Waals surface area contributed by atoms with Gasteiger partial charge in [-0.15, -0.1) is 0 Å². The molecule has 0 saturated heterocycles. The number of ether oxygens (including phenoxy) is 1. The first kappa shape index (κ1) is 15.2. The van der Waals surface area contributed by atoms with Gasteiger partial charge in [0.2, 0.25) is 6.41 Å². The van der Waals surface area contributed by atoms with Gasteiger partial charge in [0, 0.05) is 6.61 Å². The van der Waals surface area contributed by atoms with Crippen molar-refractivity contribution in [3.8, 4) is 0 Å². The van der Waals surface area contributed by atoms with Crippen molar-refractivity contribution < 1.29 is 19.4 Å². The second-order valence-electron chi connectivity index (χ2n) is 4.52. The van der Waals surface area contributed by atoms with E-state index in [1.165, 1.54) is 0 Å². The molecule has 0 aliphatic rings. The van der Waals surface area contributed by atoms with Gasteiger partial charge in [0.1, 0.15) is 6.04 Å². The zero-order valence-electron chi connectivity index (χ0n) is 10.9. The van der Waals surface area contributed by atoms with E-state index in [9.17, 15) is 9.59 Å². The van der Waals surface area contributed by atoms with Crippen LogP contribution in [0.4, 0.5) is 0 Å². The Labute approximate surface area is 112 Å². The van der Waals surface area contributed by atoms with E-state index in [1.807, 2.05) is 37.3 Å². The van der Waals surface area contributed by atoms with Crippen LogP contribution in [0.2, 0.25) is 0 Å². The summed E-state index contributed by atoms with van der Waals surface area (Å²) in [6.07, 6.45) is 0.763. The highest BCUT2D eigenvalue weighted by molar-refractivity contribution is 5.76. The van der Waals surface area contributed by atoms with Crippen LogP contribution in [0.25, 0.3) is 0 Å². The summed E-state index contributed by atoms with van der Waals surface area (Å²) in [5.41, 5.74) is 1.08. The maximum Gasteiger partial charge on any atom is 0.326 e. The van der Waals surface area contributed by atoms with Crippen LogP contribution in [0.3, 0.4) is 0 Å². The van der Waals surface area contributed by atoms with Crippen molar-refractivity contribution in [3.05, 3.63) is 35.9 Å². The molecule has 104 valence electrons. The number of hydrogen-bond donors (Lipinski definition) is 2. The summed E-state index contributed by atoms with van der Waals surface area (Å²) >= 11 is 0. The summed E-state index contributed by atoms with van der Waals surface area (Å²) in [4.78, 5) is 21.2. The lowest BCUT2D eigenvalue weighted by Gasteiger charge is -2.17. The summed E-state index contributed by atoms with van der Waals surface area (Å²) in [7, 11) is 0. The first-order chi connectivity index (χ1) is 9.13. The molecular formula is C14H19NO4. The summed E-state index contributed by atoms with van der Waals surface area (Å²) in [6, 6.07) is 8.91. The molecule has 0 aliphatic carbocycles. The minimum atomic E-state index is -1.03. The summed E-state index contributed by atoms with van der Waals surface area (Å²) in [5, 5.41) is 11.2. The molecule has 2 unspecified atom stereocenters. The van der Waals surface area contributed by atoms with E-state index in [4.69, 9.17) is 9.84 Å². The summed E-state index contributed by atoms with van der Waals surface area (Å²) in [6.45, 7) is 2.86. The molecule has 1 aromatic rings. The molecule has 0 fully saturated rings. The Morgan fingerprint density at radius 2 is 2.11 bits per heavy atom. The van der Waals surface area contributed by atoms with E-state index >= 15 is 0 Å². The molecule has 1 amide bonds. The van der Waals surface area contributed by atoms with Crippen molar-refractivity contribution in [3.63, 3.8) is 0 Å². The van der Waals surface area contributed by atoms with E-state index in [2.05, 4.69) is 5.32 Å². The third-order valence-electron chi connectivity index (χ3n) is 2.72. The monoisotopic (exact) mass is 265 g/mol. The quantitative estimate of drug-likeness (QED) is 0.662. The molecule has 0 saturated carbocycles. The van der Waals surface area contributed by atoms with Gasteiger partial charge in [-0.1, -0.05) is 37.3 Å². The van der Waals surface area contributed by atoms with Crippen LogP contribution in [0.15, 0.2) is 30.3 Å². The molecule has 5 heteroatoms. The van der Waals surface area contributed by atoms with Crippen LogP contribution in [0, 0.1) is 5.92 Å². The fourth-order valence-electron chi connectivity index (χ4n) is 1.74. The number of aliphatic carboxylic acids is 1. The number of amides is 1. The van der Waals surface area contributed by atoms with Gasteiger partial charge in [-0.3, -0.25) is 4.79 Å². The van der Waals surface area contributed by atoms with E-state index in [0.717, 1.165) is 5.56 Å². The topological polar surface area (TPSA) is 75.6 Å². The van der Waals surface area contributed by atoms with Gasteiger partial charge in [0.25, 0.3) is 0 Å². The maximum absolute atomic E-state index is 10.9. The second-order valence-corrected chi connectivity index (χ2v) is 4.52. The Hall–Kier alpha value is -1.88. The molecule has 2 N–H and O–H groups in total. The lowest BCUT2D eigenvalue weighted by Crippen LogP contribution is -2.37. The van der Waals surface area contributed by atoms with E-state index in [-0.39, 0.29) is 5.92 Å². The molecule has 0 spiro atoms. The molecule has 0 bridgehead atoms. The number of hydrogen-bond acceptors (Lipinski definition) is 3. The predicted octanol–water partition coefficient (Wildman–Crippen LogP) is 1.43. The fraction of sp³-hybridized carbons (Fsp3) is 0.429. The highest BCUT2D eigenvalue weighted by Gasteiger charge is 2.19. The first-order valence-electron chi connectivity index (χ1n) is 6.17. The summed E-state index contributed by atoms with van der Waals surface area (Å²) in [5.74, 6) is -0.973. The molecule has 0 aromatic heterocycles. The van der Waals surface area contributed by atoms with Crippen molar-refractivity contribution in [1.29, 1.82) is 0 Å². The Morgan fingerprint density at radius 1 is 1.42 bits per heavy atom. The predicted molar refractivity (Wildman–Crippen MR) is 70.5 cm³/mol. The largest absolute Gasteiger partial charge is 0.480 e. The lowest BCUT2D eigenvalue weighted by molar-refractivity contribution is -0.141. The minimum Gasteiger partial charge on any atom is -0.480 e. The lowest BCUT2D eigenvalue weighted by atomic mass is 10.0. The molecule has 0 radical (unpaired) electrons. The van der Waals surface area contributed by atoms with Crippen LogP contribution < -0.4 is 5.32 Å². The molecule has 5 nitrogen and oxygen atoms in total. The average Bonchev–Trinajstić information content (AvgIpc) is 2.39. The Balaban J connectivity index is 2.28. The standard InChI is InChI=1S/C14H19NO4/c1-11(7-13(14(17)18)15-10-16)8-19-9-12-5-3-2-4-6-12/h2-6,10-11,13H,7-9H2,1H3,(H,15,16)(H,17,18). The van der Waals surface area contributed by atoms with Crippen LogP contribution in [0.5, 0.6) is 0 Å². The summed E-state index contributed by atoms with van der Waals surface area (Å²) < 4.78 is 5.53. The normalized spacial score (nSPS) is 13.5. The van der Waals surface area contributed by atoms with Gasteiger partial charge in [-0.25, -0.2) is 4.79 Å². The van der Waals surface area contributed by atoms with Crippen molar-refractivity contribution in [2.24, 2.45) is 5.92 Å². The smallest absolute Gasteiger partial charge is 0.326 e. The van der Waals surface area contributed by atoms with Crippen LogP contribution in [-0.2, 0) is 20.9 Å². The number of carbonyl (C=O) groups is 2. The Kier molecular flexibility index (Phi) is 6.60.